The summed E-state index contributed by atoms with van der Waals surface area (Å²) >= 11 is 1.83. The lowest BCUT2D eigenvalue weighted by Crippen LogP contribution is -2.43. The zero-order valence-corrected chi connectivity index (χ0v) is 11.5. The van der Waals surface area contributed by atoms with Gasteiger partial charge in [-0.25, -0.2) is 0 Å². The summed E-state index contributed by atoms with van der Waals surface area (Å²) in [5.41, 5.74) is 1.40. The van der Waals surface area contributed by atoms with Crippen LogP contribution in [0.1, 0.15) is 37.3 Å². The molecule has 1 N–H and O–H groups in total. The van der Waals surface area contributed by atoms with E-state index < -0.39 is 0 Å². The van der Waals surface area contributed by atoms with Gasteiger partial charge in [-0.2, -0.15) is 0 Å². The highest BCUT2D eigenvalue weighted by Crippen LogP contribution is 2.32. The quantitative estimate of drug-likeness (QED) is 0.894. The fraction of sp³-hybridized carbons (Fsp3) is 0.615. The van der Waals surface area contributed by atoms with Gasteiger partial charge in [-0.1, -0.05) is 0 Å². The molecular formula is C13H20N2OS. The van der Waals surface area contributed by atoms with Crippen LogP contribution in [0.5, 0.6) is 0 Å². The van der Waals surface area contributed by atoms with E-state index >= 15 is 0 Å². The van der Waals surface area contributed by atoms with E-state index in [4.69, 9.17) is 0 Å². The number of hydrogen-bond donors (Lipinski definition) is 1. The van der Waals surface area contributed by atoms with Crippen molar-refractivity contribution in [3.05, 3.63) is 21.9 Å². The number of fused-ring (bicyclic) bond motifs is 1. The Morgan fingerprint density at radius 1 is 1.65 bits per heavy atom. The van der Waals surface area contributed by atoms with E-state index in [1.54, 1.807) is 0 Å². The molecule has 0 bridgehead atoms. The van der Waals surface area contributed by atoms with Gasteiger partial charge >= 0.3 is 0 Å². The van der Waals surface area contributed by atoms with Crippen LogP contribution in [-0.2, 0) is 11.2 Å². The summed E-state index contributed by atoms with van der Waals surface area (Å²) in [6.07, 6.45) is 1.08. The van der Waals surface area contributed by atoms with Crippen LogP contribution in [0.25, 0.3) is 0 Å². The molecule has 3 nitrogen and oxygen atoms in total. The molecule has 0 aliphatic carbocycles. The Balaban J connectivity index is 1.98. The van der Waals surface area contributed by atoms with Crippen molar-refractivity contribution in [1.82, 2.24) is 10.2 Å². The van der Waals surface area contributed by atoms with Crippen LogP contribution in [0.3, 0.4) is 0 Å². The second-order valence-corrected chi connectivity index (χ2v) is 5.92. The molecule has 1 aromatic rings. The van der Waals surface area contributed by atoms with Crippen molar-refractivity contribution in [3.63, 3.8) is 0 Å². The predicted molar refractivity (Wildman–Crippen MR) is 71.3 cm³/mol. The SMILES string of the molecule is CC(C)NC(=O)CN1CCc2sccc2C1C. The summed E-state index contributed by atoms with van der Waals surface area (Å²) in [4.78, 5) is 15.5. The van der Waals surface area contributed by atoms with Crippen LogP contribution >= 0.6 is 11.3 Å². The van der Waals surface area contributed by atoms with Crippen LogP contribution in [0, 0.1) is 0 Å². The Morgan fingerprint density at radius 2 is 2.41 bits per heavy atom. The zero-order valence-electron chi connectivity index (χ0n) is 10.7. The van der Waals surface area contributed by atoms with E-state index in [-0.39, 0.29) is 11.9 Å². The van der Waals surface area contributed by atoms with Crippen molar-refractivity contribution in [1.29, 1.82) is 0 Å². The molecule has 2 rings (SSSR count). The molecule has 94 valence electrons. The van der Waals surface area contributed by atoms with Gasteiger partial charge in [0.25, 0.3) is 0 Å². The van der Waals surface area contributed by atoms with Crippen molar-refractivity contribution in [2.24, 2.45) is 0 Å². The first kappa shape index (κ1) is 12.6. The van der Waals surface area contributed by atoms with E-state index in [0.29, 0.717) is 12.6 Å². The van der Waals surface area contributed by atoms with Gasteiger partial charge < -0.3 is 5.32 Å². The van der Waals surface area contributed by atoms with Crippen LogP contribution < -0.4 is 5.32 Å². The van der Waals surface area contributed by atoms with Crippen molar-refractivity contribution >= 4 is 17.2 Å². The Bertz CT molecular complexity index is 400. The number of thiophene rings is 1. The fourth-order valence-electron chi connectivity index (χ4n) is 2.33. The Morgan fingerprint density at radius 3 is 3.12 bits per heavy atom. The average molecular weight is 252 g/mol. The second-order valence-electron chi connectivity index (χ2n) is 4.92. The minimum absolute atomic E-state index is 0.130. The summed E-state index contributed by atoms with van der Waals surface area (Å²) in [7, 11) is 0. The first-order valence-electron chi connectivity index (χ1n) is 6.17. The maximum absolute atomic E-state index is 11.8. The third kappa shape index (κ3) is 2.87. The highest BCUT2D eigenvalue weighted by atomic mass is 32.1. The van der Waals surface area contributed by atoms with E-state index in [1.807, 2.05) is 25.2 Å². The van der Waals surface area contributed by atoms with E-state index in [1.165, 1.54) is 10.4 Å². The smallest absolute Gasteiger partial charge is 0.234 e. The molecule has 0 spiro atoms. The highest BCUT2D eigenvalue weighted by Gasteiger charge is 2.25. The monoisotopic (exact) mass is 252 g/mol. The number of carbonyl (C=O) groups excluding carboxylic acids is 1. The third-order valence-electron chi connectivity index (χ3n) is 3.20. The van der Waals surface area contributed by atoms with Gasteiger partial charge in [0, 0.05) is 23.5 Å². The molecule has 0 saturated carbocycles. The van der Waals surface area contributed by atoms with Gasteiger partial charge in [-0.3, -0.25) is 9.69 Å². The Hall–Kier alpha value is -0.870. The number of nitrogens with one attached hydrogen (secondary N) is 1. The first-order valence-corrected chi connectivity index (χ1v) is 7.05. The molecule has 0 radical (unpaired) electrons. The van der Waals surface area contributed by atoms with E-state index in [0.717, 1.165) is 13.0 Å². The van der Waals surface area contributed by atoms with Gasteiger partial charge in [-0.05, 0) is 44.2 Å². The molecule has 0 aromatic carbocycles. The van der Waals surface area contributed by atoms with Crippen molar-refractivity contribution in [3.8, 4) is 0 Å². The van der Waals surface area contributed by atoms with Gasteiger partial charge in [0.05, 0.1) is 6.54 Å². The number of carbonyl (C=O) groups is 1. The molecule has 2 heterocycles. The molecule has 1 unspecified atom stereocenters. The van der Waals surface area contributed by atoms with Crippen LogP contribution in [0.15, 0.2) is 11.4 Å². The summed E-state index contributed by atoms with van der Waals surface area (Å²) in [6, 6.07) is 2.78. The zero-order chi connectivity index (χ0) is 12.4. The van der Waals surface area contributed by atoms with Gasteiger partial charge in [0.2, 0.25) is 5.91 Å². The van der Waals surface area contributed by atoms with Gasteiger partial charge in [0.15, 0.2) is 0 Å². The molecule has 1 aliphatic heterocycles. The predicted octanol–water partition coefficient (Wildman–Crippen LogP) is 2.19. The fourth-order valence-corrected chi connectivity index (χ4v) is 3.29. The molecule has 0 fully saturated rings. The topological polar surface area (TPSA) is 32.3 Å². The largest absolute Gasteiger partial charge is 0.353 e. The molecule has 17 heavy (non-hydrogen) atoms. The normalized spacial score (nSPS) is 20.4. The highest BCUT2D eigenvalue weighted by molar-refractivity contribution is 7.10. The lowest BCUT2D eigenvalue weighted by Gasteiger charge is -2.33. The maximum Gasteiger partial charge on any atom is 0.234 e. The molecule has 1 aromatic heterocycles. The van der Waals surface area contributed by atoms with Crippen molar-refractivity contribution in [2.45, 2.75) is 39.3 Å². The first-order chi connectivity index (χ1) is 8.08. The van der Waals surface area contributed by atoms with Crippen molar-refractivity contribution in [2.75, 3.05) is 13.1 Å². The molecule has 0 saturated heterocycles. The molecule has 4 heteroatoms. The summed E-state index contributed by atoms with van der Waals surface area (Å²) in [5.74, 6) is 0.130. The van der Waals surface area contributed by atoms with Crippen LogP contribution in [0.4, 0.5) is 0 Å². The van der Waals surface area contributed by atoms with E-state index in [2.05, 4.69) is 28.6 Å². The molecule has 1 atom stereocenters. The van der Waals surface area contributed by atoms with Gasteiger partial charge in [0.1, 0.15) is 0 Å². The lowest BCUT2D eigenvalue weighted by molar-refractivity contribution is -0.123. The third-order valence-corrected chi connectivity index (χ3v) is 4.20. The lowest BCUT2D eigenvalue weighted by atomic mass is 10.0. The summed E-state index contributed by atoms with van der Waals surface area (Å²) in [5, 5.41) is 5.10. The minimum Gasteiger partial charge on any atom is -0.353 e. The van der Waals surface area contributed by atoms with Crippen LogP contribution in [0.2, 0.25) is 0 Å². The van der Waals surface area contributed by atoms with Gasteiger partial charge in [-0.15, -0.1) is 11.3 Å². The van der Waals surface area contributed by atoms with Crippen LogP contribution in [-0.4, -0.2) is 29.9 Å². The minimum atomic E-state index is 0.130. The molecule has 1 amide bonds. The summed E-state index contributed by atoms with van der Waals surface area (Å²) < 4.78 is 0. The standard InChI is InChI=1S/C13H20N2OS/c1-9(2)14-13(16)8-15-6-4-12-11(10(15)3)5-7-17-12/h5,7,9-10H,4,6,8H2,1-3H3,(H,14,16). The number of rotatable bonds is 3. The average Bonchev–Trinajstić information content (AvgIpc) is 2.69. The van der Waals surface area contributed by atoms with Crippen molar-refractivity contribution < 1.29 is 4.79 Å². The maximum atomic E-state index is 11.8. The second kappa shape index (κ2) is 5.19. The number of amides is 1. The molecule has 1 aliphatic rings. The Kier molecular flexibility index (Phi) is 3.84. The Labute approximate surface area is 107 Å². The number of nitrogens with zero attached hydrogens (tertiary/aromatic N) is 1. The van der Waals surface area contributed by atoms with E-state index in [9.17, 15) is 4.79 Å². The summed E-state index contributed by atoms with van der Waals surface area (Å²) in [6.45, 7) is 7.67. The number of hydrogen-bond acceptors (Lipinski definition) is 3. The molecular weight excluding hydrogens is 232 g/mol.